The summed E-state index contributed by atoms with van der Waals surface area (Å²) in [5.41, 5.74) is 0.0375. The van der Waals surface area contributed by atoms with Crippen LogP contribution in [0.3, 0.4) is 0 Å². The third-order valence-electron chi connectivity index (χ3n) is 5.58. The van der Waals surface area contributed by atoms with Gasteiger partial charge in [0.1, 0.15) is 5.60 Å². The van der Waals surface area contributed by atoms with Gasteiger partial charge in [-0.2, -0.15) is 0 Å². The molecule has 1 saturated carbocycles. The van der Waals surface area contributed by atoms with Gasteiger partial charge in [-0.25, -0.2) is 9.69 Å². The lowest BCUT2D eigenvalue weighted by atomic mass is 9.68. The van der Waals surface area contributed by atoms with Crippen LogP contribution in [0.15, 0.2) is 22.7 Å². The Morgan fingerprint density at radius 1 is 1.15 bits per heavy atom. The standard InChI is InChI=1S/C20H24BrNO5/c1-18(2,3)27-17(24)22-14-6-4-5-13(21)15(14)19(16(22)23)7-9-20(10-8-19)25-11-12-26-20/h4-6H,7-12H2,1-3H3. The monoisotopic (exact) mass is 437 g/mol. The van der Waals surface area contributed by atoms with Gasteiger partial charge in [-0.3, -0.25) is 4.79 Å². The van der Waals surface area contributed by atoms with Crippen molar-refractivity contribution in [3.63, 3.8) is 0 Å². The molecule has 6 nitrogen and oxygen atoms in total. The van der Waals surface area contributed by atoms with Crippen molar-refractivity contribution in [3.05, 3.63) is 28.2 Å². The van der Waals surface area contributed by atoms with E-state index in [1.807, 2.05) is 18.2 Å². The summed E-state index contributed by atoms with van der Waals surface area (Å²) in [6.45, 7) is 6.56. The summed E-state index contributed by atoms with van der Waals surface area (Å²) >= 11 is 3.60. The van der Waals surface area contributed by atoms with E-state index in [1.54, 1.807) is 20.8 Å². The SMILES string of the molecule is CC(C)(C)OC(=O)N1C(=O)C2(CCC3(CC2)OCCO3)c2c(Br)cccc21. The van der Waals surface area contributed by atoms with E-state index in [0.717, 1.165) is 10.0 Å². The molecule has 7 heteroatoms. The average molecular weight is 438 g/mol. The third-order valence-corrected chi connectivity index (χ3v) is 6.24. The molecule has 1 aromatic rings. The summed E-state index contributed by atoms with van der Waals surface area (Å²) in [4.78, 5) is 27.6. The van der Waals surface area contributed by atoms with Gasteiger partial charge in [-0.05, 0) is 45.7 Å². The van der Waals surface area contributed by atoms with Crippen LogP contribution in [-0.2, 0) is 24.4 Å². The molecule has 4 rings (SSSR count). The van der Waals surface area contributed by atoms with Crippen molar-refractivity contribution in [2.24, 2.45) is 0 Å². The van der Waals surface area contributed by atoms with E-state index in [1.165, 1.54) is 4.90 Å². The molecule has 0 atom stereocenters. The minimum absolute atomic E-state index is 0.216. The highest BCUT2D eigenvalue weighted by Crippen LogP contribution is 2.55. The molecule has 0 radical (unpaired) electrons. The summed E-state index contributed by atoms with van der Waals surface area (Å²) in [7, 11) is 0. The summed E-state index contributed by atoms with van der Waals surface area (Å²) in [6, 6.07) is 5.56. The molecule has 3 aliphatic rings. The first kappa shape index (κ1) is 18.9. The van der Waals surface area contributed by atoms with Gasteiger partial charge >= 0.3 is 6.09 Å². The first-order valence-corrected chi connectivity index (χ1v) is 10.1. The van der Waals surface area contributed by atoms with Crippen LogP contribution >= 0.6 is 15.9 Å². The first-order chi connectivity index (χ1) is 12.7. The van der Waals surface area contributed by atoms with Crippen LogP contribution in [0.2, 0.25) is 0 Å². The molecule has 2 spiro atoms. The topological polar surface area (TPSA) is 65.1 Å². The Morgan fingerprint density at radius 3 is 2.37 bits per heavy atom. The van der Waals surface area contributed by atoms with E-state index in [0.29, 0.717) is 44.6 Å². The average Bonchev–Trinajstić information content (AvgIpc) is 3.12. The van der Waals surface area contributed by atoms with E-state index in [-0.39, 0.29) is 5.91 Å². The predicted molar refractivity (Wildman–Crippen MR) is 103 cm³/mol. The zero-order valence-corrected chi connectivity index (χ0v) is 17.4. The predicted octanol–water partition coefficient (Wildman–Crippen LogP) is 4.29. The quantitative estimate of drug-likeness (QED) is 0.605. The van der Waals surface area contributed by atoms with Crippen LogP contribution < -0.4 is 4.90 Å². The van der Waals surface area contributed by atoms with Crippen LogP contribution in [-0.4, -0.2) is 36.6 Å². The van der Waals surface area contributed by atoms with Crippen molar-refractivity contribution in [2.75, 3.05) is 18.1 Å². The van der Waals surface area contributed by atoms with Crippen molar-refractivity contribution in [2.45, 2.75) is 63.3 Å². The number of ether oxygens (including phenoxy) is 3. The zero-order chi connectivity index (χ0) is 19.4. The van der Waals surface area contributed by atoms with Crippen molar-refractivity contribution < 1.29 is 23.8 Å². The molecule has 2 aliphatic heterocycles. The van der Waals surface area contributed by atoms with Crippen LogP contribution in [0.1, 0.15) is 52.0 Å². The lowest BCUT2D eigenvalue weighted by molar-refractivity contribution is -0.185. The van der Waals surface area contributed by atoms with Crippen molar-refractivity contribution in [3.8, 4) is 0 Å². The number of anilines is 1. The van der Waals surface area contributed by atoms with E-state index < -0.39 is 22.9 Å². The molecule has 1 saturated heterocycles. The van der Waals surface area contributed by atoms with Crippen molar-refractivity contribution in [1.29, 1.82) is 0 Å². The second-order valence-corrected chi connectivity index (χ2v) is 9.30. The minimum atomic E-state index is -0.757. The first-order valence-electron chi connectivity index (χ1n) is 9.32. The Morgan fingerprint density at radius 2 is 1.78 bits per heavy atom. The number of amides is 2. The summed E-state index contributed by atoms with van der Waals surface area (Å²) in [5, 5.41) is 0. The number of nitrogens with zero attached hydrogens (tertiary/aromatic N) is 1. The van der Waals surface area contributed by atoms with E-state index >= 15 is 0 Å². The van der Waals surface area contributed by atoms with Crippen LogP contribution in [0.5, 0.6) is 0 Å². The molecular weight excluding hydrogens is 414 g/mol. The molecule has 0 N–H and O–H groups in total. The summed E-state index contributed by atoms with van der Waals surface area (Å²) in [5.74, 6) is -0.793. The Hall–Kier alpha value is -1.44. The fourth-order valence-electron chi connectivity index (χ4n) is 4.40. The number of carbonyl (C=O) groups excluding carboxylic acids is 2. The van der Waals surface area contributed by atoms with Crippen molar-refractivity contribution >= 4 is 33.6 Å². The number of imide groups is 1. The number of rotatable bonds is 0. The molecule has 146 valence electrons. The van der Waals surface area contributed by atoms with Crippen molar-refractivity contribution in [1.82, 2.24) is 0 Å². The van der Waals surface area contributed by atoms with Gasteiger partial charge in [-0.15, -0.1) is 0 Å². The number of benzene rings is 1. The number of fused-ring (bicyclic) bond motifs is 2. The van der Waals surface area contributed by atoms with Gasteiger partial charge in [0.25, 0.3) is 0 Å². The van der Waals surface area contributed by atoms with Crippen LogP contribution in [0.25, 0.3) is 0 Å². The summed E-state index contributed by atoms with van der Waals surface area (Å²) < 4.78 is 18.0. The summed E-state index contributed by atoms with van der Waals surface area (Å²) in [6.07, 6.45) is 1.77. The minimum Gasteiger partial charge on any atom is -0.443 e. The number of hydrogen-bond donors (Lipinski definition) is 0. The smallest absolute Gasteiger partial charge is 0.421 e. The molecule has 2 heterocycles. The lowest BCUT2D eigenvalue weighted by Gasteiger charge is -2.40. The van der Waals surface area contributed by atoms with E-state index in [2.05, 4.69) is 15.9 Å². The molecule has 1 aliphatic carbocycles. The normalized spacial score (nSPS) is 23.1. The fourth-order valence-corrected chi connectivity index (χ4v) is 5.13. The molecular formula is C20H24BrNO5. The largest absolute Gasteiger partial charge is 0.443 e. The highest BCUT2D eigenvalue weighted by molar-refractivity contribution is 9.10. The Labute approximate surface area is 167 Å². The van der Waals surface area contributed by atoms with Crippen LogP contribution in [0, 0.1) is 0 Å². The number of carbonyl (C=O) groups is 2. The maximum atomic E-state index is 13.5. The van der Waals surface area contributed by atoms with Gasteiger partial charge in [0, 0.05) is 22.9 Å². The molecule has 2 amide bonds. The van der Waals surface area contributed by atoms with Gasteiger partial charge in [0.2, 0.25) is 5.91 Å². The second kappa shape index (κ2) is 6.29. The Balaban J connectivity index is 1.72. The molecule has 27 heavy (non-hydrogen) atoms. The van der Waals surface area contributed by atoms with Crippen LogP contribution in [0.4, 0.5) is 10.5 Å². The number of halogens is 1. The lowest BCUT2D eigenvalue weighted by Crippen LogP contribution is -2.49. The zero-order valence-electron chi connectivity index (χ0n) is 15.8. The molecule has 2 fully saturated rings. The maximum absolute atomic E-state index is 13.5. The highest BCUT2D eigenvalue weighted by Gasteiger charge is 2.58. The fraction of sp³-hybridized carbons (Fsp3) is 0.600. The molecule has 0 bridgehead atoms. The Bertz CT molecular complexity index is 784. The maximum Gasteiger partial charge on any atom is 0.421 e. The van der Waals surface area contributed by atoms with Gasteiger partial charge < -0.3 is 14.2 Å². The van der Waals surface area contributed by atoms with Gasteiger partial charge in [-0.1, -0.05) is 22.0 Å². The van der Waals surface area contributed by atoms with Gasteiger partial charge in [0.05, 0.1) is 24.3 Å². The highest BCUT2D eigenvalue weighted by atomic mass is 79.9. The number of hydrogen-bond acceptors (Lipinski definition) is 5. The molecule has 1 aromatic carbocycles. The van der Waals surface area contributed by atoms with E-state index in [4.69, 9.17) is 14.2 Å². The third kappa shape index (κ3) is 3.00. The van der Waals surface area contributed by atoms with Gasteiger partial charge in [0.15, 0.2) is 5.79 Å². The molecule has 0 aromatic heterocycles. The molecule has 0 unspecified atom stereocenters. The second-order valence-electron chi connectivity index (χ2n) is 8.44. The van der Waals surface area contributed by atoms with E-state index in [9.17, 15) is 9.59 Å². The Kier molecular flexibility index (Phi) is 4.40.